The molecule has 0 unspecified atom stereocenters. The van der Waals surface area contributed by atoms with E-state index in [-0.39, 0.29) is 17.1 Å². The normalized spacial score (nSPS) is 20.8. The second-order valence-corrected chi connectivity index (χ2v) is 8.41. The number of amides is 1. The number of ketones is 1. The summed E-state index contributed by atoms with van der Waals surface area (Å²) in [5.41, 5.74) is 4.22. The Morgan fingerprint density at radius 3 is 2.52 bits per heavy atom. The van der Waals surface area contributed by atoms with Crippen molar-refractivity contribution in [2.24, 2.45) is 5.41 Å². The molecule has 2 aliphatic rings. The molecule has 1 aliphatic carbocycles. The molecule has 0 spiro atoms. The maximum absolute atomic E-state index is 13.3. The number of rotatable bonds is 3. The SMILES string of the molecule is CC1=C(C(=O)Nc2cccnc2)[C@H](c2cccnc2)C2=C(CC(C)(C)CC2=O)N1. The summed E-state index contributed by atoms with van der Waals surface area (Å²) in [6.07, 6.45) is 7.90. The lowest BCUT2D eigenvalue weighted by atomic mass is 9.68. The van der Waals surface area contributed by atoms with E-state index in [2.05, 4.69) is 34.4 Å². The predicted molar refractivity (Wildman–Crippen MR) is 111 cm³/mol. The molecule has 6 heteroatoms. The molecular weight excluding hydrogens is 364 g/mol. The molecule has 0 bridgehead atoms. The molecule has 2 aromatic heterocycles. The Bertz CT molecular complexity index is 1020. The zero-order chi connectivity index (χ0) is 20.6. The van der Waals surface area contributed by atoms with Crippen LogP contribution in [0.3, 0.4) is 0 Å². The van der Waals surface area contributed by atoms with Crippen molar-refractivity contribution in [1.82, 2.24) is 15.3 Å². The van der Waals surface area contributed by atoms with Crippen molar-refractivity contribution in [3.63, 3.8) is 0 Å². The summed E-state index contributed by atoms with van der Waals surface area (Å²) >= 11 is 0. The van der Waals surface area contributed by atoms with Crippen molar-refractivity contribution < 1.29 is 9.59 Å². The van der Waals surface area contributed by atoms with Crippen molar-refractivity contribution in [2.75, 3.05) is 5.32 Å². The zero-order valence-corrected chi connectivity index (χ0v) is 16.8. The Morgan fingerprint density at radius 2 is 1.86 bits per heavy atom. The van der Waals surface area contributed by atoms with E-state index >= 15 is 0 Å². The largest absolute Gasteiger partial charge is 0.362 e. The third-order valence-corrected chi connectivity index (χ3v) is 5.42. The second kappa shape index (κ2) is 7.28. The Kier molecular flexibility index (Phi) is 4.78. The van der Waals surface area contributed by atoms with Crippen molar-refractivity contribution >= 4 is 17.4 Å². The van der Waals surface area contributed by atoms with Crippen molar-refractivity contribution in [3.05, 3.63) is 77.2 Å². The standard InChI is InChI=1S/C23H24N4O2/c1-14-19(22(29)27-16-7-5-9-25-13-16)20(15-6-4-8-24-12-15)21-17(26-14)10-23(2,3)11-18(21)28/h4-9,12-13,20,26H,10-11H2,1-3H3,(H,27,29)/t20-/m0/s1. The molecule has 1 atom stereocenters. The lowest BCUT2D eigenvalue weighted by molar-refractivity contribution is -0.118. The van der Waals surface area contributed by atoms with E-state index < -0.39 is 5.92 Å². The first-order valence-corrected chi connectivity index (χ1v) is 9.71. The van der Waals surface area contributed by atoms with E-state index in [1.807, 2.05) is 19.1 Å². The summed E-state index contributed by atoms with van der Waals surface area (Å²) in [4.78, 5) is 34.7. The summed E-state index contributed by atoms with van der Waals surface area (Å²) in [6, 6.07) is 7.31. The van der Waals surface area contributed by atoms with Gasteiger partial charge in [-0.25, -0.2) is 0 Å². The molecule has 1 amide bonds. The van der Waals surface area contributed by atoms with Crippen LogP contribution in [-0.4, -0.2) is 21.7 Å². The predicted octanol–water partition coefficient (Wildman–Crippen LogP) is 3.72. The van der Waals surface area contributed by atoms with Gasteiger partial charge < -0.3 is 10.6 Å². The molecule has 3 heterocycles. The fourth-order valence-electron chi connectivity index (χ4n) is 4.25. The fourth-order valence-corrected chi connectivity index (χ4v) is 4.25. The quantitative estimate of drug-likeness (QED) is 0.837. The number of nitrogens with zero attached hydrogens (tertiary/aromatic N) is 2. The van der Waals surface area contributed by atoms with Crippen LogP contribution in [-0.2, 0) is 9.59 Å². The lowest BCUT2D eigenvalue weighted by Crippen LogP contribution is -2.39. The van der Waals surface area contributed by atoms with Gasteiger partial charge in [0.25, 0.3) is 5.91 Å². The minimum atomic E-state index is -0.444. The number of aromatic nitrogens is 2. The Balaban J connectivity index is 1.80. The van der Waals surface area contributed by atoms with Gasteiger partial charge >= 0.3 is 0 Å². The van der Waals surface area contributed by atoms with Crippen LogP contribution >= 0.6 is 0 Å². The number of hydrogen-bond donors (Lipinski definition) is 2. The van der Waals surface area contributed by atoms with Gasteiger partial charge in [0, 0.05) is 53.5 Å². The molecule has 0 radical (unpaired) electrons. The number of Topliss-reactive ketones (excluding diaryl/α,β-unsaturated/α-hetero) is 1. The van der Waals surface area contributed by atoms with Crippen LogP contribution in [0, 0.1) is 5.41 Å². The summed E-state index contributed by atoms with van der Waals surface area (Å²) < 4.78 is 0. The number of carbonyl (C=O) groups is 2. The third kappa shape index (κ3) is 3.70. The summed E-state index contributed by atoms with van der Waals surface area (Å²) in [6.45, 7) is 6.08. The molecule has 2 aromatic rings. The van der Waals surface area contributed by atoms with E-state index in [1.165, 1.54) is 0 Å². The molecule has 4 rings (SSSR count). The van der Waals surface area contributed by atoms with Crippen molar-refractivity contribution in [1.29, 1.82) is 0 Å². The minimum absolute atomic E-state index is 0.0804. The van der Waals surface area contributed by atoms with Gasteiger partial charge in [-0.2, -0.15) is 0 Å². The molecule has 0 fully saturated rings. The summed E-state index contributed by atoms with van der Waals surface area (Å²) in [5, 5.41) is 6.28. The Hall–Kier alpha value is -3.28. The van der Waals surface area contributed by atoms with Gasteiger partial charge in [-0.05, 0) is 42.5 Å². The molecule has 1 aliphatic heterocycles. The number of pyridine rings is 2. The average Bonchev–Trinajstić information content (AvgIpc) is 2.67. The molecule has 0 aromatic carbocycles. The first kappa shape index (κ1) is 19.1. The molecule has 0 saturated heterocycles. The van der Waals surface area contributed by atoms with Crippen LogP contribution < -0.4 is 10.6 Å². The molecule has 2 N–H and O–H groups in total. The lowest BCUT2D eigenvalue weighted by Gasteiger charge is -2.39. The number of allylic oxidation sites excluding steroid dienone is 3. The van der Waals surface area contributed by atoms with Gasteiger partial charge in [-0.3, -0.25) is 19.6 Å². The zero-order valence-electron chi connectivity index (χ0n) is 16.8. The number of anilines is 1. The molecule has 6 nitrogen and oxygen atoms in total. The van der Waals surface area contributed by atoms with E-state index in [1.54, 1.807) is 36.9 Å². The van der Waals surface area contributed by atoms with Gasteiger partial charge in [0.2, 0.25) is 0 Å². The van der Waals surface area contributed by atoms with Gasteiger partial charge in [-0.15, -0.1) is 0 Å². The fraction of sp³-hybridized carbons (Fsp3) is 0.304. The van der Waals surface area contributed by atoms with Crippen LogP contribution in [0.25, 0.3) is 0 Å². The second-order valence-electron chi connectivity index (χ2n) is 8.41. The number of nitrogens with one attached hydrogen (secondary N) is 2. The minimum Gasteiger partial charge on any atom is -0.362 e. The molecule has 0 saturated carbocycles. The third-order valence-electron chi connectivity index (χ3n) is 5.42. The Morgan fingerprint density at radius 1 is 1.14 bits per heavy atom. The van der Waals surface area contributed by atoms with Gasteiger partial charge in [0.05, 0.1) is 11.9 Å². The van der Waals surface area contributed by atoms with Crippen LogP contribution in [0.5, 0.6) is 0 Å². The Labute approximate surface area is 170 Å². The number of hydrogen-bond acceptors (Lipinski definition) is 5. The maximum atomic E-state index is 13.3. The highest BCUT2D eigenvalue weighted by Gasteiger charge is 2.42. The highest BCUT2D eigenvalue weighted by Crippen LogP contribution is 2.46. The van der Waals surface area contributed by atoms with Crippen LogP contribution in [0.15, 0.2) is 71.6 Å². The van der Waals surface area contributed by atoms with Crippen LogP contribution in [0.1, 0.15) is 45.1 Å². The average molecular weight is 388 g/mol. The molecule has 29 heavy (non-hydrogen) atoms. The molecular formula is C23H24N4O2. The van der Waals surface area contributed by atoms with E-state index in [4.69, 9.17) is 0 Å². The van der Waals surface area contributed by atoms with E-state index in [9.17, 15) is 9.59 Å². The monoisotopic (exact) mass is 388 g/mol. The number of dihydropyridines is 1. The summed E-state index contributed by atoms with van der Waals surface area (Å²) in [5.74, 6) is -0.613. The highest BCUT2D eigenvalue weighted by atomic mass is 16.2. The van der Waals surface area contributed by atoms with Gasteiger partial charge in [0.1, 0.15) is 0 Å². The smallest absolute Gasteiger partial charge is 0.254 e. The molecule has 148 valence electrons. The van der Waals surface area contributed by atoms with Crippen LogP contribution in [0.2, 0.25) is 0 Å². The first-order valence-electron chi connectivity index (χ1n) is 9.71. The number of carbonyl (C=O) groups excluding carboxylic acids is 2. The van der Waals surface area contributed by atoms with Gasteiger partial charge in [-0.1, -0.05) is 19.9 Å². The van der Waals surface area contributed by atoms with Crippen LogP contribution in [0.4, 0.5) is 5.69 Å². The summed E-state index contributed by atoms with van der Waals surface area (Å²) in [7, 11) is 0. The highest BCUT2D eigenvalue weighted by molar-refractivity contribution is 6.09. The first-order chi connectivity index (χ1) is 13.9. The van der Waals surface area contributed by atoms with E-state index in [0.29, 0.717) is 23.3 Å². The van der Waals surface area contributed by atoms with Crippen molar-refractivity contribution in [2.45, 2.75) is 39.5 Å². The maximum Gasteiger partial charge on any atom is 0.254 e. The van der Waals surface area contributed by atoms with E-state index in [0.717, 1.165) is 23.4 Å². The topological polar surface area (TPSA) is 84.0 Å². The van der Waals surface area contributed by atoms with Crippen molar-refractivity contribution in [3.8, 4) is 0 Å². The van der Waals surface area contributed by atoms with Gasteiger partial charge in [0.15, 0.2) is 5.78 Å².